The standard InChI is InChI=1S/C25H22ClF3N2O3S2/c1-3-36(33,34)31-22(17-8-4-5-10-19(17)26)21-13-15-7-6-9-18(23(15)35-21)20-14-16(11-12-30-20)24(2,32)25(27,28)29/h4-14,22,31-32H,3H2,1-2H3/t22?,24-/m1/s1. The molecule has 0 amide bonds. The van der Waals surface area contributed by atoms with Crippen molar-refractivity contribution in [2.24, 2.45) is 0 Å². The van der Waals surface area contributed by atoms with Crippen LogP contribution >= 0.6 is 22.9 Å². The van der Waals surface area contributed by atoms with Gasteiger partial charge in [-0.1, -0.05) is 48.0 Å². The molecule has 0 aliphatic rings. The Bertz CT molecular complexity index is 1520. The maximum Gasteiger partial charge on any atom is 0.421 e. The van der Waals surface area contributed by atoms with Gasteiger partial charge in [0, 0.05) is 26.4 Å². The summed E-state index contributed by atoms with van der Waals surface area (Å²) in [4.78, 5) is 4.90. The van der Waals surface area contributed by atoms with Crippen LogP contribution in [-0.4, -0.2) is 30.4 Å². The van der Waals surface area contributed by atoms with Crippen LogP contribution in [0.3, 0.4) is 0 Å². The fourth-order valence-electron chi connectivity index (χ4n) is 3.72. The second kappa shape index (κ2) is 9.75. The molecule has 11 heteroatoms. The molecule has 0 spiro atoms. The summed E-state index contributed by atoms with van der Waals surface area (Å²) in [7, 11) is -3.62. The molecule has 0 fully saturated rings. The van der Waals surface area contributed by atoms with Gasteiger partial charge < -0.3 is 5.11 Å². The Kier molecular flexibility index (Phi) is 7.20. The largest absolute Gasteiger partial charge is 0.421 e. The molecule has 1 unspecified atom stereocenters. The molecule has 0 saturated carbocycles. The third-order valence-corrected chi connectivity index (χ3v) is 8.84. The molecule has 36 heavy (non-hydrogen) atoms. The summed E-state index contributed by atoms with van der Waals surface area (Å²) in [6, 6.07) is 15.6. The SMILES string of the molecule is CCS(=O)(=O)NC(c1cc2cccc(-c3cc([C@@](C)(O)C(F)(F)F)ccn3)c2s1)c1ccccc1Cl. The van der Waals surface area contributed by atoms with Crippen molar-refractivity contribution >= 4 is 43.0 Å². The minimum absolute atomic E-state index is 0.125. The zero-order valence-corrected chi connectivity index (χ0v) is 21.6. The Labute approximate surface area is 215 Å². The van der Waals surface area contributed by atoms with Crippen molar-refractivity contribution in [3.8, 4) is 11.3 Å². The molecule has 0 radical (unpaired) electrons. The molecule has 5 nitrogen and oxygen atoms in total. The molecule has 2 aromatic carbocycles. The normalized spacial score (nSPS) is 15.1. The van der Waals surface area contributed by atoms with Crippen LogP contribution in [0.25, 0.3) is 21.3 Å². The highest BCUT2D eigenvalue weighted by molar-refractivity contribution is 7.89. The van der Waals surface area contributed by atoms with Gasteiger partial charge in [0.25, 0.3) is 0 Å². The monoisotopic (exact) mass is 554 g/mol. The first-order valence-corrected chi connectivity index (χ1v) is 13.7. The van der Waals surface area contributed by atoms with Gasteiger partial charge in [-0.3, -0.25) is 4.98 Å². The minimum atomic E-state index is -4.87. The Morgan fingerprint density at radius 2 is 1.83 bits per heavy atom. The van der Waals surface area contributed by atoms with Gasteiger partial charge in [-0.2, -0.15) is 13.2 Å². The van der Waals surface area contributed by atoms with E-state index in [1.54, 1.807) is 36.4 Å². The number of sulfonamides is 1. The summed E-state index contributed by atoms with van der Waals surface area (Å²) in [5.74, 6) is -0.125. The second-order valence-corrected chi connectivity index (χ2v) is 11.9. The first kappa shape index (κ1) is 26.6. The molecular formula is C25H22ClF3N2O3S2. The van der Waals surface area contributed by atoms with Crippen molar-refractivity contribution in [1.29, 1.82) is 0 Å². The van der Waals surface area contributed by atoms with E-state index < -0.39 is 27.8 Å². The molecule has 190 valence electrons. The number of pyridine rings is 1. The average molecular weight is 555 g/mol. The molecule has 0 saturated heterocycles. The summed E-state index contributed by atoms with van der Waals surface area (Å²) >= 11 is 7.70. The number of rotatable bonds is 7. The number of nitrogens with one attached hydrogen (secondary N) is 1. The smallest absolute Gasteiger partial charge is 0.376 e. The van der Waals surface area contributed by atoms with E-state index in [9.17, 15) is 26.7 Å². The highest BCUT2D eigenvalue weighted by atomic mass is 35.5. The molecule has 2 N–H and O–H groups in total. The first-order valence-electron chi connectivity index (χ1n) is 10.9. The summed E-state index contributed by atoms with van der Waals surface area (Å²) in [5, 5.41) is 11.3. The van der Waals surface area contributed by atoms with Crippen molar-refractivity contribution in [2.45, 2.75) is 31.7 Å². The number of fused-ring (bicyclic) bond motifs is 1. The van der Waals surface area contributed by atoms with Gasteiger partial charge in [0.05, 0.1) is 17.5 Å². The van der Waals surface area contributed by atoms with E-state index in [0.29, 0.717) is 32.7 Å². The van der Waals surface area contributed by atoms with E-state index in [4.69, 9.17) is 11.6 Å². The number of nitrogens with zero attached hydrogens (tertiary/aromatic N) is 1. The van der Waals surface area contributed by atoms with E-state index in [1.807, 2.05) is 12.1 Å². The predicted octanol–water partition coefficient (Wildman–Crippen LogP) is 6.42. The molecule has 2 atom stereocenters. The number of thiophene rings is 1. The number of alkyl halides is 3. The number of hydrogen-bond acceptors (Lipinski definition) is 5. The Balaban J connectivity index is 1.86. The average Bonchev–Trinajstić information content (AvgIpc) is 3.27. The highest BCUT2D eigenvalue weighted by Crippen LogP contribution is 2.42. The first-order chi connectivity index (χ1) is 16.8. The van der Waals surface area contributed by atoms with Gasteiger partial charge in [-0.15, -0.1) is 11.3 Å². The van der Waals surface area contributed by atoms with Crippen LogP contribution in [0.15, 0.2) is 66.9 Å². The zero-order chi connectivity index (χ0) is 26.3. The second-order valence-electron chi connectivity index (χ2n) is 8.35. The Morgan fingerprint density at radius 3 is 2.50 bits per heavy atom. The van der Waals surface area contributed by atoms with Gasteiger partial charge >= 0.3 is 6.18 Å². The highest BCUT2D eigenvalue weighted by Gasteiger charge is 2.51. The predicted molar refractivity (Wildman–Crippen MR) is 137 cm³/mol. The Morgan fingerprint density at radius 1 is 1.11 bits per heavy atom. The number of aromatic nitrogens is 1. The third-order valence-electron chi connectivity index (χ3n) is 5.89. The number of aliphatic hydroxyl groups is 1. The van der Waals surface area contributed by atoms with Crippen molar-refractivity contribution in [1.82, 2.24) is 9.71 Å². The van der Waals surface area contributed by atoms with Crippen molar-refractivity contribution < 1.29 is 26.7 Å². The molecule has 0 bridgehead atoms. The summed E-state index contributed by atoms with van der Waals surface area (Å²) in [5.41, 5.74) is -2.00. The fraction of sp³-hybridized carbons (Fsp3) is 0.240. The van der Waals surface area contributed by atoms with Crippen LogP contribution in [0.2, 0.25) is 5.02 Å². The molecule has 4 rings (SSSR count). The van der Waals surface area contributed by atoms with Crippen LogP contribution < -0.4 is 4.72 Å². The fourth-order valence-corrected chi connectivity index (χ4v) is 6.07. The summed E-state index contributed by atoms with van der Waals surface area (Å²) in [6.07, 6.45) is -3.65. The molecular weight excluding hydrogens is 533 g/mol. The van der Waals surface area contributed by atoms with E-state index in [-0.39, 0.29) is 17.0 Å². The Hall–Kier alpha value is -2.50. The van der Waals surface area contributed by atoms with Crippen LogP contribution in [0.5, 0.6) is 0 Å². The van der Waals surface area contributed by atoms with Gasteiger partial charge in [0.2, 0.25) is 10.0 Å². The molecule has 4 aromatic rings. The topological polar surface area (TPSA) is 79.3 Å². The maximum atomic E-state index is 13.4. The lowest BCUT2D eigenvalue weighted by atomic mass is 9.94. The lowest BCUT2D eigenvalue weighted by molar-refractivity contribution is -0.258. The van der Waals surface area contributed by atoms with Gasteiger partial charge in [0.15, 0.2) is 5.60 Å². The van der Waals surface area contributed by atoms with Crippen molar-refractivity contribution in [2.75, 3.05) is 5.75 Å². The third kappa shape index (κ3) is 5.14. The van der Waals surface area contributed by atoms with E-state index in [2.05, 4.69) is 9.71 Å². The van der Waals surface area contributed by atoms with Gasteiger partial charge in [-0.05, 0) is 54.6 Å². The molecule has 0 aliphatic heterocycles. The zero-order valence-electron chi connectivity index (χ0n) is 19.2. The van der Waals surface area contributed by atoms with E-state index in [0.717, 1.165) is 11.5 Å². The van der Waals surface area contributed by atoms with Crippen LogP contribution in [-0.2, 0) is 15.6 Å². The summed E-state index contributed by atoms with van der Waals surface area (Å²) in [6.45, 7) is 2.23. The number of benzene rings is 2. The number of halogens is 4. The maximum absolute atomic E-state index is 13.4. The van der Waals surface area contributed by atoms with Crippen LogP contribution in [0, 0.1) is 0 Å². The minimum Gasteiger partial charge on any atom is -0.376 e. The molecule has 2 aromatic heterocycles. The van der Waals surface area contributed by atoms with Crippen LogP contribution in [0.4, 0.5) is 13.2 Å². The molecule has 0 aliphatic carbocycles. The summed E-state index contributed by atoms with van der Waals surface area (Å²) < 4.78 is 68.7. The lowest BCUT2D eigenvalue weighted by Crippen LogP contribution is -2.39. The van der Waals surface area contributed by atoms with Crippen molar-refractivity contribution in [3.63, 3.8) is 0 Å². The van der Waals surface area contributed by atoms with Crippen molar-refractivity contribution in [3.05, 3.63) is 87.9 Å². The number of hydrogen-bond donors (Lipinski definition) is 2. The lowest BCUT2D eigenvalue weighted by Gasteiger charge is -2.26. The van der Waals surface area contributed by atoms with Crippen LogP contribution in [0.1, 0.15) is 35.9 Å². The quantitative estimate of drug-likeness (QED) is 0.276. The van der Waals surface area contributed by atoms with E-state index in [1.165, 1.54) is 30.5 Å². The molecule has 2 heterocycles. The van der Waals surface area contributed by atoms with E-state index >= 15 is 0 Å². The van der Waals surface area contributed by atoms with Gasteiger partial charge in [0.1, 0.15) is 0 Å². The van der Waals surface area contributed by atoms with Gasteiger partial charge in [-0.25, -0.2) is 13.1 Å².